The zero-order valence-electron chi connectivity index (χ0n) is 19.2. The maximum Gasteiger partial charge on any atom is 0.145 e. The standard InChI is InChI=1S/C28H26Cl2N2O3/c29-23-5-2-6-24(30)25(23)26-22(27(35-32-26)17-7-8-17)15-34-21-12-19-9-10-20(13-21)28(19,33)18-4-1-3-16(11-18)14-31/h1-6,11,17,19-21,33H,7-10,12-13,15H2/t19-,20+,21?,28?. The summed E-state index contributed by atoms with van der Waals surface area (Å²) in [5.74, 6) is 1.45. The maximum atomic E-state index is 11.8. The molecule has 180 valence electrons. The van der Waals surface area contributed by atoms with Gasteiger partial charge in [-0.25, -0.2) is 0 Å². The Hall–Kier alpha value is -2.36. The Bertz CT molecular complexity index is 1280. The summed E-state index contributed by atoms with van der Waals surface area (Å²) in [5.41, 5.74) is 2.80. The first kappa shape index (κ1) is 23.1. The Morgan fingerprint density at radius 2 is 1.74 bits per heavy atom. The number of rotatable bonds is 6. The van der Waals surface area contributed by atoms with E-state index in [2.05, 4.69) is 11.2 Å². The summed E-state index contributed by atoms with van der Waals surface area (Å²) in [6, 6.07) is 15.1. The van der Waals surface area contributed by atoms with Gasteiger partial charge in [0.15, 0.2) is 0 Å². The van der Waals surface area contributed by atoms with E-state index in [1.165, 1.54) is 0 Å². The lowest BCUT2D eigenvalue weighted by Gasteiger charge is -2.43. The molecule has 3 aromatic rings. The van der Waals surface area contributed by atoms with E-state index in [-0.39, 0.29) is 17.9 Å². The second-order valence-corrected chi connectivity index (χ2v) is 11.0. The van der Waals surface area contributed by atoms with Crippen LogP contribution < -0.4 is 0 Å². The second-order valence-electron chi connectivity index (χ2n) is 10.1. The molecule has 35 heavy (non-hydrogen) atoms. The van der Waals surface area contributed by atoms with Gasteiger partial charge >= 0.3 is 0 Å². The van der Waals surface area contributed by atoms with E-state index in [9.17, 15) is 10.4 Å². The third kappa shape index (κ3) is 3.97. The highest BCUT2D eigenvalue weighted by atomic mass is 35.5. The molecule has 0 spiro atoms. The SMILES string of the molecule is N#Cc1cccc(C2(O)[C@@H]3CC[C@H]2CC(OCc2c(-c4c(Cl)cccc4Cl)noc2C2CC2)C3)c1. The molecule has 7 heteroatoms. The molecule has 4 atom stereocenters. The number of halogens is 2. The number of nitriles is 1. The van der Waals surface area contributed by atoms with E-state index in [1.807, 2.05) is 24.3 Å². The summed E-state index contributed by atoms with van der Waals surface area (Å²) in [7, 11) is 0. The van der Waals surface area contributed by atoms with Gasteiger partial charge < -0.3 is 14.4 Å². The van der Waals surface area contributed by atoms with Gasteiger partial charge in [0.1, 0.15) is 11.5 Å². The molecule has 0 amide bonds. The second kappa shape index (κ2) is 8.94. The average molecular weight is 509 g/mol. The molecule has 2 aromatic carbocycles. The molecule has 1 aromatic heterocycles. The van der Waals surface area contributed by atoms with Crippen LogP contribution in [0.2, 0.25) is 10.0 Å². The number of hydrogen-bond donors (Lipinski definition) is 1. The van der Waals surface area contributed by atoms with E-state index in [4.69, 9.17) is 32.5 Å². The summed E-state index contributed by atoms with van der Waals surface area (Å²) >= 11 is 13.0. The Balaban J connectivity index is 1.23. The van der Waals surface area contributed by atoms with Gasteiger partial charge in [-0.2, -0.15) is 5.26 Å². The van der Waals surface area contributed by atoms with Crippen molar-refractivity contribution in [3.8, 4) is 17.3 Å². The van der Waals surface area contributed by atoms with Crippen molar-refractivity contribution < 1.29 is 14.4 Å². The van der Waals surface area contributed by atoms with Crippen LogP contribution in [0.25, 0.3) is 11.3 Å². The zero-order chi connectivity index (χ0) is 24.2. The van der Waals surface area contributed by atoms with E-state index in [0.717, 1.165) is 55.4 Å². The van der Waals surface area contributed by atoms with Crippen molar-refractivity contribution in [2.24, 2.45) is 11.8 Å². The van der Waals surface area contributed by atoms with Crippen molar-refractivity contribution in [2.45, 2.75) is 62.8 Å². The molecule has 1 N–H and O–H groups in total. The zero-order valence-corrected chi connectivity index (χ0v) is 20.7. The van der Waals surface area contributed by atoms with Crippen molar-refractivity contribution in [2.75, 3.05) is 0 Å². The molecule has 0 aliphatic heterocycles. The van der Waals surface area contributed by atoms with Crippen molar-refractivity contribution in [1.82, 2.24) is 5.16 Å². The Morgan fingerprint density at radius 1 is 1.06 bits per heavy atom. The van der Waals surface area contributed by atoms with Crippen LogP contribution >= 0.6 is 23.2 Å². The predicted molar refractivity (Wildman–Crippen MR) is 133 cm³/mol. The van der Waals surface area contributed by atoms with Gasteiger partial charge in [-0.1, -0.05) is 46.6 Å². The van der Waals surface area contributed by atoms with Crippen molar-refractivity contribution in [1.29, 1.82) is 5.26 Å². The van der Waals surface area contributed by atoms with Crippen LogP contribution in [0.1, 0.15) is 66.9 Å². The Kier molecular flexibility index (Phi) is 5.89. The number of aromatic nitrogens is 1. The third-order valence-electron chi connectivity index (χ3n) is 8.09. The monoisotopic (exact) mass is 508 g/mol. The molecule has 3 fully saturated rings. The topological polar surface area (TPSA) is 79.3 Å². The highest BCUT2D eigenvalue weighted by molar-refractivity contribution is 6.39. The smallest absolute Gasteiger partial charge is 0.145 e. The van der Waals surface area contributed by atoms with E-state index < -0.39 is 5.60 Å². The molecule has 5 nitrogen and oxygen atoms in total. The van der Waals surface area contributed by atoms with Crippen LogP contribution in [0.4, 0.5) is 0 Å². The lowest BCUT2D eigenvalue weighted by molar-refractivity contribution is -0.116. The number of nitrogens with zero attached hydrogens (tertiary/aromatic N) is 2. The van der Waals surface area contributed by atoms with Gasteiger partial charge in [-0.15, -0.1) is 0 Å². The van der Waals surface area contributed by atoms with Crippen LogP contribution in [0.15, 0.2) is 47.0 Å². The summed E-state index contributed by atoms with van der Waals surface area (Å²) in [4.78, 5) is 0. The molecule has 0 radical (unpaired) electrons. The molecule has 2 bridgehead atoms. The fourth-order valence-corrected chi connectivity index (χ4v) is 6.77. The minimum Gasteiger partial charge on any atom is -0.385 e. The summed E-state index contributed by atoms with van der Waals surface area (Å²) < 4.78 is 12.3. The van der Waals surface area contributed by atoms with Gasteiger partial charge in [0, 0.05) is 17.0 Å². The normalized spacial score (nSPS) is 27.7. The number of aliphatic hydroxyl groups is 1. The molecule has 6 rings (SSSR count). The number of benzene rings is 2. The van der Waals surface area contributed by atoms with E-state index >= 15 is 0 Å². The maximum absolute atomic E-state index is 11.8. The molecular formula is C28H26Cl2N2O3. The Morgan fingerprint density at radius 3 is 2.40 bits per heavy atom. The number of hydrogen-bond acceptors (Lipinski definition) is 5. The van der Waals surface area contributed by atoms with Crippen LogP contribution in [-0.4, -0.2) is 16.4 Å². The first-order chi connectivity index (χ1) is 17.0. The molecule has 2 unspecified atom stereocenters. The fourth-order valence-electron chi connectivity index (χ4n) is 6.20. The van der Waals surface area contributed by atoms with Gasteiger partial charge in [-0.3, -0.25) is 0 Å². The van der Waals surface area contributed by atoms with E-state index in [0.29, 0.717) is 39.4 Å². The minimum atomic E-state index is -0.903. The van der Waals surface area contributed by atoms with Crippen molar-refractivity contribution in [3.05, 3.63) is 75.0 Å². The first-order valence-corrected chi connectivity index (χ1v) is 13.0. The lowest BCUT2D eigenvalue weighted by Crippen LogP contribution is -2.44. The summed E-state index contributed by atoms with van der Waals surface area (Å²) in [6.45, 7) is 0.374. The molecule has 3 saturated carbocycles. The highest BCUT2D eigenvalue weighted by Crippen LogP contribution is 2.56. The van der Waals surface area contributed by atoms with E-state index in [1.54, 1.807) is 18.2 Å². The molecule has 3 aliphatic carbocycles. The minimum absolute atomic E-state index is 0.0310. The number of fused-ring (bicyclic) bond motifs is 2. The molecule has 0 saturated heterocycles. The van der Waals surface area contributed by atoms with Crippen LogP contribution in [0, 0.1) is 23.2 Å². The van der Waals surface area contributed by atoms with Gasteiger partial charge in [0.05, 0.1) is 40.0 Å². The van der Waals surface area contributed by atoms with Crippen LogP contribution in [0.3, 0.4) is 0 Å². The van der Waals surface area contributed by atoms with Gasteiger partial charge in [-0.05, 0) is 80.2 Å². The Labute approximate surface area is 214 Å². The molecular weight excluding hydrogens is 483 g/mol. The highest BCUT2D eigenvalue weighted by Gasteiger charge is 2.54. The molecule has 3 aliphatic rings. The predicted octanol–water partition coefficient (Wildman–Crippen LogP) is 6.99. The van der Waals surface area contributed by atoms with Crippen molar-refractivity contribution >= 4 is 23.2 Å². The quantitative estimate of drug-likeness (QED) is 0.388. The van der Waals surface area contributed by atoms with Crippen molar-refractivity contribution in [3.63, 3.8) is 0 Å². The van der Waals surface area contributed by atoms with Crippen LogP contribution in [-0.2, 0) is 16.9 Å². The molecule has 1 heterocycles. The summed E-state index contributed by atoms with van der Waals surface area (Å²) in [5, 5.41) is 26.5. The fraction of sp³-hybridized carbons (Fsp3) is 0.429. The lowest BCUT2D eigenvalue weighted by atomic mass is 9.69. The average Bonchev–Trinajstić information content (AvgIpc) is 3.60. The number of ether oxygens (including phenoxy) is 1. The third-order valence-corrected chi connectivity index (χ3v) is 8.72. The van der Waals surface area contributed by atoms with Gasteiger partial charge in [0.25, 0.3) is 0 Å². The summed E-state index contributed by atoms with van der Waals surface area (Å²) in [6.07, 6.45) is 5.66. The van der Waals surface area contributed by atoms with Crippen LogP contribution in [0.5, 0.6) is 0 Å². The first-order valence-electron chi connectivity index (χ1n) is 12.3. The largest absolute Gasteiger partial charge is 0.385 e. The van der Waals surface area contributed by atoms with Gasteiger partial charge in [0.2, 0.25) is 0 Å².